The van der Waals surface area contributed by atoms with Crippen LogP contribution in [0.3, 0.4) is 0 Å². The average molecular weight is 200 g/mol. The molecule has 1 heterocycles. The number of rotatable bonds is 1. The molecule has 0 bridgehead atoms. The van der Waals surface area contributed by atoms with Crippen molar-refractivity contribution in [2.75, 3.05) is 13.1 Å². The predicted molar refractivity (Wildman–Crippen MR) is 54.3 cm³/mol. The SMILES string of the molecule is CC(C)(C)C(=O)ON1CCCC(N)C1. The van der Waals surface area contributed by atoms with Crippen molar-refractivity contribution in [1.29, 1.82) is 0 Å². The monoisotopic (exact) mass is 200 g/mol. The van der Waals surface area contributed by atoms with Crippen molar-refractivity contribution in [3.05, 3.63) is 0 Å². The van der Waals surface area contributed by atoms with E-state index < -0.39 is 5.41 Å². The Kier molecular flexibility index (Phi) is 3.50. The highest BCUT2D eigenvalue weighted by Crippen LogP contribution is 2.17. The number of hydroxylamine groups is 2. The van der Waals surface area contributed by atoms with Gasteiger partial charge in [0, 0.05) is 12.6 Å². The topological polar surface area (TPSA) is 55.6 Å². The summed E-state index contributed by atoms with van der Waals surface area (Å²) < 4.78 is 0. The van der Waals surface area contributed by atoms with Crippen molar-refractivity contribution >= 4 is 5.97 Å². The fourth-order valence-corrected chi connectivity index (χ4v) is 1.31. The lowest BCUT2D eigenvalue weighted by Crippen LogP contribution is -2.45. The molecule has 4 heteroatoms. The van der Waals surface area contributed by atoms with Crippen LogP contribution in [0.2, 0.25) is 0 Å². The Balaban J connectivity index is 2.40. The van der Waals surface area contributed by atoms with Gasteiger partial charge in [0.15, 0.2) is 0 Å². The van der Waals surface area contributed by atoms with E-state index in [1.807, 2.05) is 20.8 Å². The van der Waals surface area contributed by atoms with Gasteiger partial charge < -0.3 is 10.6 Å². The van der Waals surface area contributed by atoms with Gasteiger partial charge in [-0.05, 0) is 33.6 Å². The number of carbonyl (C=O) groups excluding carboxylic acids is 1. The van der Waals surface area contributed by atoms with Gasteiger partial charge in [0.2, 0.25) is 0 Å². The Morgan fingerprint density at radius 1 is 1.50 bits per heavy atom. The van der Waals surface area contributed by atoms with Crippen LogP contribution in [0, 0.1) is 5.41 Å². The molecule has 4 nitrogen and oxygen atoms in total. The highest BCUT2D eigenvalue weighted by molar-refractivity contribution is 5.75. The van der Waals surface area contributed by atoms with E-state index >= 15 is 0 Å². The summed E-state index contributed by atoms with van der Waals surface area (Å²) in [7, 11) is 0. The third-order valence-corrected chi connectivity index (χ3v) is 2.24. The fourth-order valence-electron chi connectivity index (χ4n) is 1.31. The number of hydrogen-bond acceptors (Lipinski definition) is 4. The molecule has 0 amide bonds. The number of hydrogen-bond donors (Lipinski definition) is 1. The zero-order valence-electron chi connectivity index (χ0n) is 9.25. The third kappa shape index (κ3) is 3.27. The number of nitrogens with two attached hydrogens (primary N) is 1. The van der Waals surface area contributed by atoms with Crippen LogP contribution in [0.25, 0.3) is 0 Å². The van der Waals surface area contributed by atoms with Crippen LogP contribution in [0.15, 0.2) is 0 Å². The van der Waals surface area contributed by atoms with Crippen molar-refractivity contribution in [3.8, 4) is 0 Å². The molecule has 1 aliphatic rings. The Bertz CT molecular complexity index is 211. The van der Waals surface area contributed by atoms with Crippen molar-refractivity contribution < 1.29 is 9.63 Å². The molecule has 0 radical (unpaired) electrons. The first kappa shape index (κ1) is 11.5. The molecule has 0 aliphatic carbocycles. The van der Waals surface area contributed by atoms with E-state index in [9.17, 15) is 4.79 Å². The van der Waals surface area contributed by atoms with Gasteiger partial charge in [-0.3, -0.25) is 0 Å². The maximum Gasteiger partial charge on any atom is 0.330 e. The summed E-state index contributed by atoms with van der Waals surface area (Å²) in [6.07, 6.45) is 2.02. The molecule has 1 fully saturated rings. The fraction of sp³-hybridized carbons (Fsp3) is 0.900. The zero-order chi connectivity index (χ0) is 10.8. The van der Waals surface area contributed by atoms with Gasteiger partial charge in [0.25, 0.3) is 0 Å². The van der Waals surface area contributed by atoms with E-state index in [1.165, 1.54) is 0 Å². The van der Waals surface area contributed by atoms with Crippen LogP contribution >= 0.6 is 0 Å². The van der Waals surface area contributed by atoms with Crippen LogP contribution in [-0.4, -0.2) is 30.2 Å². The van der Waals surface area contributed by atoms with Crippen LogP contribution in [-0.2, 0) is 9.63 Å². The largest absolute Gasteiger partial charge is 0.367 e. The lowest BCUT2D eigenvalue weighted by atomic mass is 9.98. The molecule has 0 saturated carbocycles. The standard InChI is InChI=1S/C10H20N2O2/c1-10(2,3)9(13)14-12-6-4-5-8(11)7-12/h8H,4-7,11H2,1-3H3. The maximum absolute atomic E-state index is 11.5. The minimum Gasteiger partial charge on any atom is -0.367 e. The second-order valence-electron chi connectivity index (χ2n) is 4.92. The summed E-state index contributed by atoms with van der Waals surface area (Å²) in [5.41, 5.74) is 5.33. The van der Waals surface area contributed by atoms with Gasteiger partial charge in [-0.2, -0.15) is 0 Å². The Labute approximate surface area is 85.3 Å². The van der Waals surface area contributed by atoms with E-state index in [0.29, 0.717) is 6.54 Å². The molecule has 0 aromatic carbocycles. The van der Waals surface area contributed by atoms with Gasteiger partial charge in [-0.1, -0.05) is 0 Å². The molecule has 0 spiro atoms. The summed E-state index contributed by atoms with van der Waals surface area (Å²) in [6.45, 7) is 7.00. The summed E-state index contributed by atoms with van der Waals surface area (Å²) in [5, 5.41) is 1.68. The highest BCUT2D eigenvalue weighted by atomic mass is 16.7. The van der Waals surface area contributed by atoms with Crippen LogP contribution < -0.4 is 5.73 Å². The summed E-state index contributed by atoms with van der Waals surface area (Å²) >= 11 is 0. The summed E-state index contributed by atoms with van der Waals surface area (Å²) in [4.78, 5) is 16.8. The molecular weight excluding hydrogens is 180 g/mol. The molecular formula is C10H20N2O2. The first-order valence-corrected chi connectivity index (χ1v) is 5.12. The molecule has 2 N–H and O–H groups in total. The van der Waals surface area contributed by atoms with Gasteiger partial charge in [0.05, 0.1) is 12.0 Å². The van der Waals surface area contributed by atoms with E-state index in [4.69, 9.17) is 10.6 Å². The quantitative estimate of drug-likeness (QED) is 0.683. The normalized spacial score (nSPS) is 24.7. The first-order valence-electron chi connectivity index (χ1n) is 5.12. The second kappa shape index (κ2) is 4.28. The molecule has 14 heavy (non-hydrogen) atoms. The van der Waals surface area contributed by atoms with Gasteiger partial charge >= 0.3 is 5.97 Å². The van der Waals surface area contributed by atoms with Crippen LogP contribution in [0.5, 0.6) is 0 Å². The van der Waals surface area contributed by atoms with Gasteiger partial charge in [0.1, 0.15) is 0 Å². The van der Waals surface area contributed by atoms with Crippen molar-refractivity contribution in [3.63, 3.8) is 0 Å². The molecule has 1 atom stereocenters. The minimum absolute atomic E-state index is 0.136. The molecule has 1 rings (SSSR count). The highest BCUT2D eigenvalue weighted by Gasteiger charge is 2.27. The number of piperidine rings is 1. The molecule has 0 aromatic heterocycles. The first-order chi connectivity index (χ1) is 6.39. The maximum atomic E-state index is 11.5. The Morgan fingerprint density at radius 3 is 2.64 bits per heavy atom. The van der Waals surface area contributed by atoms with Crippen molar-refractivity contribution in [2.45, 2.75) is 39.7 Å². The van der Waals surface area contributed by atoms with Gasteiger partial charge in [-0.15, -0.1) is 5.06 Å². The number of carbonyl (C=O) groups is 1. The Morgan fingerprint density at radius 2 is 2.14 bits per heavy atom. The molecule has 82 valence electrons. The van der Waals surface area contributed by atoms with Crippen LogP contribution in [0.4, 0.5) is 0 Å². The summed E-state index contributed by atoms with van der Waals surface area (Å²) in [6, 6.07) is 0.136. The van der Waals surface area contributed by atoms with Crippen molar-refractivity contribution in [2.24, 2.45) is 11.1 Å². The van der Waals surface area contributed by atoms with E-state index in [1.54, 1.807) is 5.06 Å². The van der Waals surface area contributed by atoms with E-state index in [2.05, 4.69) is 0 Å². The molecule has 1 aliphatic heterocycles. The van der Waals surface area contributed by atoms with E-state index in [0.717, 1.165) is 19.4 Å². The lowest BCUT2D eigenvalue weighted by Gasteiger charge is -2.31. The molecule has 1 unspecified atom stereocenters. The molecule has 0 aromatic rings. The van der Waals surface area contributed by atoms with Crippen molar-refractivity contribution in [1.82, 2.24) is 5.06 Å². The van der Waals surface area contributed by atoms with Crippen LogP contribution in [0.1, 0.15) is 33.6 Å². The second-order valence-corrected chi connectivity index (χ2v) is 4.92. The minimum atomic E-state index is -0.443. The third-order valence-electron chi connectivity index (χ3n) is 2.24. The number of nitrogens with zero attached hydrogens (tertiary/aromatic N) is 1. The van der Waals surface area contributed by atoms with E-state index in [-0.39, 0.29) is 12.0 Å². The lowest BCUT2D eigenvalue weighted by molar-refractivity contribution is -0.204. The average Bonchev–Trinajstić information content (AvgIpc) is 2.02. The Hall–Kier alpha value is -0.610. The predicted octanol–water partition coefficient (Wildman–Crippen LogP) is 0.914. The molecule has 1 saturated heterocycles. The smallest absolute Gasteiger partial charge is 0.330 e. The zero-order valence-corrected chi connectivity index (χ0v) is 9.25. The summed E-state index contributed by atoms with van der Waals surface area (Å²) in [5.74, 6) is -0.188. The van der Waals surface area contributed by atoms with Gasteiger partial charge in [-0.25, -0.2) is 4.79 Å².